The molecule has 0 spiro atoms. The molecule has 1 rings (SSSR count). The van der Waals surface area contributed by atoms with Crippen LogP contribution in [0.4, 0.5) is 8.78 Å². The fourth-order valence-corrected chi connectivity index (χ4v) is 1.84. The van der Waals surface area contributed by atoms with Crippen LogP contribution in [0, 0.1) is 11.6 Å². The lowest BCUT2D eigenvalue weighted by Gasteiger charge is -2.16. The van der Waals surface area contributed by atoms with E-state index in [1.807, 2.05) is 0 Å². The first-order chi connectivity index (χ1) is 9.08. The number of carbonyl (C=O) groups excluding carboxylic acids is 1. The molecule has 3 N–H and O–H groups in total. The van der Waals surface area contributed by atoms with Gasteiger partial charge in [0.1, 0.15) is 0 Å². The van der Waals surface area contributed by atoms with Gasteiger partial charge < -0.3 is 11.1 Å². The highest BCUT2D eigenvalue weighted by Gasteiger charge is 2.14. The zero-order valence-corrected chi connectivity index (χ0v) is 11.1. The Hall–Kier alpha value is -1.49. The van der Waals surface area contributed by atoms with E-state index in [4.69, 9.17) is 5.73 Å². The molecule has 0 aliphatic rings. The van der Waals surface area contributed by atoms with E-state index >= 15 is 0 Å². The fraction of sp³-hybridized carbons (Fsp3) is 0.500. The number of nitrogens with two attached hydrogens (primary N) is 1. The van der Waals surface area contributed by atoms with Crippen molar-refractivity contribution in [3.8, 4) is 0 Å². The van der Waals surface area contributed by atoms with E-state index in [2.05, 4.69) is 12.2 Å². The molecule has 0 aromatic heterocycles. The molecule has 0 bridgehead atoms. The third kappa shape index (κ3) is 4.95. The minimum absolute atomic E-state index is 0.0590. The highest BCUT2D eigenvalue weighted by Crippen LogP contribution is 2.12. The lowest BCUT2D eigenvalue weighted by atomic mass is 10.1. The summed E-state index contributed by atoms with van der Waals surface area (Å²) in [6.07, 6.45) is 2.61. The summed E-state index contributed by atoms with van der Waals surface area (Å²) in [7, 11) is 0. The van der Waals surface area contributed by atoms with Gasteiger partial charge in [-0.1, -0.05) is 31.9 Å². The number of nitrogens with one attached hydrogen (secondary N) is 1. The highest BCUT2D eigenvalue weighted by molar-refractivity contribution is 5.78. The smallest absolute Gasteiger partial charge is 0.224 e. The van der Waals surface area contributed by atoms with Crippen molar-refractivity contribution in [2.24, 2.45) is 5.73 Å². The van der Waals surface area contributed by atoms with Crippen molar-refractivity contribution in [2.45, 2.75) is 38.6 Å². The van der Waals surface area contributed by atoms with Crippen LogP contribution in [0.25, 0.3) is 0 Å². The first-order valence-electron chi connectivity index (χ1n) is 6.50. The third-order valence-electron chi connectivity index (χ3n) is 2.94. The highest BCUT2D eigenvalue weighted by atomic mass is 19.2. The molecular formula is C14H20F2N2O. The van der Waals surface area contributed by atoms with E-state index in [0.29, 0.717) is 6.54 Å². The maximum Gasteiger partial charge on any atom is 0.224 e. The molecular weight excluding hydrogens is 250 g/mol. The Morgan fingerprint density at radius 2 is 2.16 bits per heavy atom. The zero-order valence-electron chi connectivity index (χ0n) is 11.1. The Bertz CT molecular complexity index is 424. The number of carbonyl (C=O) groups is 1. The van der Waals surface area contributed by atoms with E-state index in [0.717, 1.165) is 25.3 Å². The van der Waals surface area contributed by atoms with Gasteiger partial charge in [0.15, 0.2) is 11.6 Å². The predicted molar refractivity (Wildman–Crippen MR) is 70.6 cm³/mol. The summed E-state index contributed by atoms with van der Waals surface area (Å²) in [6, 6.07) is 3.71. The number of amides is 1. The van der Waals surface area contributed by atoms with Crippen LogP contribution < -0.4 is 11.1 Å². The van der Waals surface area contributed by atoms with E-state index in [1.165, 1.54) is 12.1 Å². The van der Waals surface area contributed by atoms with Crippen LogP contribution in [0.3, 0.4) is 0 Å². The number of benzene rings is 1. The third-order valence-corrected chi connectivity index (χ3v) is 2.94. The zero-order chi connectivity index (χ0) is 14.3. The van der Waals surface area contributed by atoms with Crippen molar-refractivity contribution in [1.29, 1.82) is 0 Å². The van der Waals surface area contributed by atoms with Crippen molar-refractivity contribution < 1.29 is 13.6 Å². The average Bonchev–Trinajstić information content (AvgIpc) is 2.40. The fourth-order valence-electron chi connectivity index (χ4n) is 1.84. The van der Waals surface area contributed by atoms with Crippen molar-refractivity contribution >= 4 is 5.91 Å². The van der Waals surface area contributed by atoms with Gasteiger partial charge in [0.25, 0.3) is 0 Å². The van der Waals surface area contributed by atoms with Crippen LogP contribution in [-0.2, 0) is 11.2 Å². The largest absolute Gasteiger partial charge is 0.352 e. The summed E-state index contributed by atoms with van der Waals surface area (Å²) in [5.74, 6) is -2.24. The lowest BCUT2D eigenvalue weighted by Crippen LogP contribution is -2.41. The van der Waals surface area contributed by atoms with Gasteiger partial charge in [-0.3, -0.25) is 4.79 Å². The van der Waals surface area contributed by atoms with Crippen molar-refractivity contribution in [1.82, 2.24) is 5.32 Å². The number of hydrogen-bond acceptors (Lipinski definition) is 2. The molecule has 0 aliphatic heterocycles. The molecule has 19 heavy (non-hydrogen) atoms. The second kappa shape index (κ2) is 7.84. The standard InChI is InChI=1S/C14H20F2N2O/c1-2-3-6-11(9-17)18-13(19)8-10-5-4-7-12(15)14(10)16/h4-5,7,11H,2-3,6,8-9,17H2,1H3,(H,18,19). The molecule has 1 amide bonds. The molecule has 1 atom stereocenters. The summed E-state index contributed by atoms with van der Waals surface area (Å²) < 4.78 is 26.4. The van der Waals surface area contributed by atoms with E-state index in [1.54, 1.807) is 0 Å². The van der Waals surface area contributed by atoms with Crippen LogP contribution in [0.1, 0.15) is 31.7 Å². The van der Waals surface area contributed by atoms with Crippen molar-refractivity contribution in [3.05, 3.63) is 35.4 Å². The summed E-state index contributed by atoms with van der Waals surface area (Å²) in [4.78, 5) is 11.8. The summed E-state index contributed by atoms with van der Waals surface area (Å²) in [6.45, 7) is 2.40. The van der Waals surface area contributed by atoms with Crippen LogP contribution in [0.2, 0.25) is 0 Å². The lowest BCUT2D eigenvalue weighted by molar-refractivity contribution is -0.121. The Labute approximate surface area is 112 Å². The Morgan fingerprint density at radius 1 is 1.42 bits per heavy atom. The molecule has 0 saturated carbocycles. The average molecular weight is 270 g/mol. The molecule has 5 heteroatoms. The van der Waals surface area contributed by atoms with Gasteiger partial charge in [0.05, 0.1) is 6.42 Å². The van der Waals surface area contributed by atoms with Crippen LogP contribution >= 0.6 is 0 Å². The number of halogens is 2. The molecule has 0 fully saturated rings. The minimum atomic E-state index is -0.962. The monoisotopic (exact) mass is 270 g/mol. The Kier molecular flexibility index (Phi) is 6.42. The van der Waals surface area contributed by atoms with Crippen LogP contribution in [0.5, 0.6) is 0 Å². The molecule has 1 aromatic carbocycles. The molecule has 1 aromatic rings. The summed E-state index contributed by atoms with van der Waals surface area (Å²) >= 11 is 0. The van der Waals surface area contributed by atoms with Gasteiger partial charge in [-0.25, -0.2) is 8.78 Å². The van der Waals surface area contributed by atoms with Gasteiger partial charge in [-0.2, -0.15) is 0 Å². The quantitative estimate of drug-likeness (QED) is 0.797. The maximum atomic E-state index is 13.4. The normalized spacial score (nSPS) is 12.2. The molecule has 0 saturated heterocycles. The molecule has 106 valence electrons. The molecule has 1 unspecified atom stereocenters. The van der Waals surface area contributed by atoms with Crippen molar-refractivity contribution in [3.63, 3.8) is 0 Å². The minimum Gasteiger partial charge on any atom is -0.352 e. The Morgan fingerprint density at radius 3 is 2.79 bits per heavy atom. The molecule has 0 aliphatic carbocycles. The van der Waals surface area contributed by atoms with E-state index < -0.39 is 11.6 Å². The second-order valence-corrected chi connectivity index (χ2v) is 4.53. The topological polar surface area (TPSA) is 55.1 Å². The van der Waals surface area contributed by atoms with E-state index in [9.17, 15) is 13.6 Å². The number of rotatable bonds is 7. The second-order valence-electron chi connectivity index (χ2n) is 4.53. The van der Waals surface area contributed by atoms with Crippen molar-refractivity contribution in [2.75, 3.05) is 6.54 Å². The Balaban J connectivity index is 2.56. The van der Waals surface area contributed by atoms with E-state index in [-0.39, 0.29) is 23.9 Å². The SMILES string of the molecule is CCCCC(CN)NC(=O)Cc1cccc(F)c1F. The predicted octanol–water partition coefficient (Wildman–Crippen LogP) is 2.14. The van der Waals surface area contributed by atoms with Gasteiger partial charge in [-0.15, -0.1) is 0 Å². The number of unbranched alkanes of at least 4 members (excludes halogenated alkanes) is 1. The van der Waals surface area contributed by atoms with Crippen LogP contribution in [-0.4, -0.2) is 18.5 Å². The van der Waals surface area contributed by atoms with Gasteiger partial charge in [0.2, 0.25) is 5.91 Å². The molecule has 0 heterocycles. The van der Waals surface area contributed by atoms with Crippen LogP contribution in [0.15, 0.2) is 18.2 Å². The first kappa shape index (κ1) is 15.6. The van der Waals surface area contributed by atoms with Gasteiger partial charge >= 0.3 is 0 Å². The first-order valence-corrected chi connectivity index (χ1v) is 6.50. The molecule has 0 radical (unpaired) electrons. The van der Waals surface area contributed by atoms with Gasteiger partial charge in [0, 0.05) is 18.2 Å². The van der Waals surface area contributed by atoms with Gasteiger partial charge in [-0.05, 0) is 12.5 Å². The summed E-state index contributed by atoms with van der Waals surface area (Å²) in [5, 5.41) is 2.74. The molecule has 3 nitrogen and oxygen atoms in total. The summed E-state index contributed by atoms with van der Waals surface area (Å²) in [5.41, 5.74) is 5.62. The number of hydrogen-bond donors (Lipinski definition) is 2. The maximum absolute atomic E-state index is 13.4.